The minimum absolute atomic E-state index is 0.0508. The molecule has 1 heterocycles. The first-order valence-corrected chi connectivity index (χ1v) is 5.69. The van der Waals surface area contributed by atoms with Crippen LogP contribution in [-0.2, 0) is 11.8 Å². The van der Waals surface area contributed by atoms with E-state index < -0.39 is 13.0 Å². The highest BCUT2D eigenvalue weighted by molar-refractivity contribution is 5.28. The lowest BCUT2D eigenvalue weighted by Gasteiger charge is -2.17. The number of hydrogen-bond donors (Lipinski definition) is 1. The highest BCUT2D eigenvalue weighted by atomic mass is 19.3. The number of ether oxygens (including phenoxy) is 2. The number of halogens is 2. The molecule has 1 atom stereocenters. The summed E-state index contributed by atoms with van der Waals surface area (Å²) in [6.45, 7) is -0.275. The van der Waals surface area contributed by atoms with Gasteiger partial charge in [0.05, 0.1) is 25.0 Å². The molecule has 1 unspecified atom stereocenters. The van der Waals surface area contributed by atoms with Crippen LogP contribution in [0.4, 0.5) is 8.78 Å². The minimum atomic E-state index is -2.43. The summed E-state index contributed by atoms with van der Waals surface area (Å²) in [7, 11) is 5.17. The van der Waals surface area contributed by atoms with Crippen molar-refractivity contribution >= 4 is 0 Å². The molecule has 0 saturated carbocycles. The van der Waals surface area contributed by atoms with E-state index in [0.29, 0.717) is 12.2 Å². The third kappa shape index (κ3) is 3.92. The molecule has 0 saturated heterocycles. The zero-order valence-electron chi connectivity index (χ0n) is 10.8. The average molecular weight is 263 g/mol. The van der Waals surface area contributed by atoms with E-state index in [4.69, 9.17) is 9.47 Å². The molecular formula is C11H19F2N3O2. The molecule has 5 nitrogen and oxygen atoms in total. The zero-order chi connectivity index (χ0) is 13.5. The van der Waals surface area contributed by atoms with Crippen LogP contribution in [-0.4, -0.2) is 43.6 Å². The van der Waals surface area contributed by atoms with E-state index in [9.17, 15) is 8.78 Å². The van der Waals surface area contributed by atoms with Crippen molar-refractivity contribution in [1.82, 2.24) is 15.1 Å². The van der Waals surface area contributed by atoms with Gasteiger partial charge in [-0.15, -0.1) is 0 Å². The fourth-order valence-electron chi connectivity index (χ4n) is 1.77. The molecule has 0 aromatic carbocycles. The van der Waals surface area contributed by atoms with Crippen molar-refractivity contribution in [2.75, 3.05) is 27.4 Å². The average Bonchev–Trinajstić information content (AvgIpc) is 2.71. The lowest BCUT2D eigenvalue weighted by molar-refractivity contribution is 0.0143. The number of nitrogens with one attached hydrogen (secondary N) is 1. The Morgan fingerprint density at radius 3 is 2.78 bits per heavy atom. The second-order valence-corrected chi connectivity index (χ2v) is 3.82. The number of hydrogen-bond acceptors (Lipinski definition) is 4. The van der Waals surface area contributed by atoms with Gasteiger partial charge in [0.25, 0.3) is 6.43 Å². The van der Waals surface area contributed by atoms with Gasteiger partial charge in [-0.25, -0.2) is 8.78 Å². The minimum Gasteiger partial charge on any atom is -0.493 e. The van der Waals surface area contributed by atoms with Crippen molar-refractivity contribution in [3.63, 3.8) is 0 Å². The Morgan fingerprint density at radius 1 is 1.50 bits per heavy atom. The third-order valence-electron chi connectivity index (χ3n) is 2.64. The predicted octanol–water partition coefficient (Wildman–Crippen LogP) is 1.36. The van der Waals surface area contributed by atoms with Gasteiger partial charge in [0.2, 0.25) is 0 Å². The second kappa shape index (κ2) is 7.27. The maximum atomic E-state index is 11.9. The molecule has 1 rings (SSSR count). The predicted molar refractivity (Wildman–Crippen MR) is 63.0 cm³/mol. The van der Waals surface area contributed by atoms with Crippen LogP contribution >= 0.6 is 0 Å². The summed E-state index contributed by atoms with van der Waals surface area (Å²) in [5, 5.41) is 7.20. The van der Waals surface area contributed by atoms with Gasteiger partial charge < -0.3 is 14.8 Å². The van der Waals surface area contributed by atoms with Crippen LogP contribution in [0.5, 0.6) is 5.75 Å². The van der Waals surface area contributed by atoms with Crippen molar-refractivity contribution in [3.8, 4) is 5.75 Å². The first kappa shape index (κ1) is 14.8. The Morgan fingerprint density at radius 2 is 2.22 bits per heavy atom. The normalized spacial score (nSPS) is 13.0. The second-order valence-electron chi connectivity index (χ2n) is 3.82. The maximum Gasteiger partial charge on any atom is 0.261 e. The quantitative estimate of drug-likeness (QED) is 0.719. The molecule has 0 amide bonds. The van der Waals surface area contributed by atoms with Gasteiger partial charge in [0.15, 0.2) is 5.75 Å². The first-order valence-electron chi connectivity index (χ1n) is 5.69. The molecule has 1 aromatic heterocycles. The summed E-state index contributed by atoms with van der Waals surface area (Å²) in [6, 6.07) is -0.0508. The molecule has 104 valence electrons. The lowest BCUT2D eigenvalue weighted by Crippen LogP contribution is -2.22. The van der Waals surface area contributed by atoms with Gasteiger partial charge in [-0.05, 0) is 13.5 Å². The number of methoxy groups -OCH3 is 1. The highest BCUT2D eigenvalue weighted by Gasteiger charge is 2.19. The van der Waals surface area contributed by atoms with E-state index in [2.05, 4.69) is 10.4 Å². The molecule has 0 aliphatic carbocycles. The topological polar surface area (TPSA) is 48.3 Å². The molecule has 0 fully saturated rings. The van der Waals surface area contributed by atoms with Crippen LogP contribution in [0.1, 0.15) is 18.2 Å². The monoisotopic (exact) mass is 263 g/mol. The standard InChI is InChI=1S/C11H19F2N3O2/c1-14-8(4-5-18-7-10(12)13)11-9(17-3)6-15-16(11)2/h6,8,10,14H,4-5,7H2,1-3H3. The smallest absolute Gasteiger partial charge is 0.261 e. The molecule has 0 aliphatic rings. The molecular weight excluding hydrogens is 244 g/mol. The molecule has 0 aliphatic heterocycles. The largest absolute Gasteiger partial charge is 0.493 e. The van der Waals surface area contributed by atoms with Crippen LogP contribution in [0.3, 0.4) is 0 Å². The van der Waals surface area contributed by atoms with E-state index in [-0.39, 0.29) is 12.6 Å². The molecule has 18 heavy (non-hydrogen) atoms. The van der Waals surface area contributed by atoms with Crippen LogP contribution in [0.15, 0.2) is 6.20 Å². The number of nitrogens with zero attached hydrogens (tertiary/aromatic N) is 2. The van der Waals surface area contributed by atoms with E-state index in [1.165, 1.54) is 0 Å². The molecule has 0 radical (unpaired) electrons. The summed E-state index contributed by atoms with van der Waals surface area (Å²) in [6.07, 6.45) is -0.233. The van der Waals surface area contributed by atoms with Crippen LogP contribution in [0.2, 0.25) is 0 Å². The van der Waals surface area contributed by atoms with Gasteiger partial charge >= 0.3 is 0 Å². The van der Waals surface area contributed by atoms with Gasteiger partial charge in [-0.2, -0.15) is 5.10 Å². The van der Waals surface area contributed by atoms with Crippen molar-refractivity contribution in [3.05, 3.63) is 11.9 Å². The van der Waals surface area contributed by atoms with E-state index in [0.717, 1.165) is 5.69 Å². The van der Waals surface area contributed by atoms with Gasteiger partial charge in [-0.1, -0.05) is 0 Å². The summed E-state index contributed by atoms with van der Waals surface area (Å²) >= 11 is 0. The van der Waals surface area contributed by atoms with Crippen molar-refractivity contribution in [2.24, 2.45) is 7.05 Å². The maximum absolute atomic E-state index is 11.9. The van der Waals surface area contributed by atoms with Crippen molar-refractivity contribution < 1.29 is 18.3 Å². The van der Waals surface area contributed by atoms with Gasteiger partial charge in [0, 0.05) is 13.7 Å². The Labute approximate surface area is 105 Å². The Hall–Kier alpha value is -1.21. The summed E-state index contributed by atoms with van der Waals surface area (Å²) in [5.74, 6) is 0.672. The number of aromatic nitrogens is 2. The molecule has 0 spiro atoms. The number of alkyl halides is 2. The third-order valence-corrected chi connectivity index (χ3v) is 2.64. The highest BCUT2D eigenvalue weighted by Crippen LogP contribution is 2.26. The molecule has 7 heteroatoms. The molecule has 1 N–H and O–H groups in total. The van der Waals surface area contributed by atoms with Crippen LogP contribution in [0, 0.1) is 0 Å². The molecule has 0 bridgehead atoms. The lowest BCUT2D eigenvalue weighted by atomic mass is 10.1. The fraction of sp³-hybridized carbons (Fsp3) is 0.727. The Kier molecular flexibility index (Phi) is 6.00. The van der Waals surface area contributed by atoms with Crippen LogP contribution in [0.25, 0.3) is 0 Å². The SMILES string of the molecule is CNC(CCOCC(F)F)c1c(OC)cnn1C. The molecule has 1 aromatic rings. The van der Waals surface area contributed by atoms with Gasteiger partial charge in [0.1, 0.15) is 6.61 Å². The number of rotatable bonds is 8. The van der Waals surface area contributed by atoms with Crippen molar-refractivity contribution in [1.29, 1.82) is 0 Å². The summed E-state index contributed by atoms with van der Waals surface area (Å²) < 4.78 is 35.6. The van der Waals surface area contributed by atoms with Crippen molar-refractivity contribution in [2.45, 2.75) is 18.9 Å². The summed E-state index contributed by atoms with van der Waals surface area (Å²) in [5.41, 5.74) is 0.876. The Bertz CT molecular complexity index is 358. The fourth-order valence-corrected chi connectivity index (χ4v) is 1.77. The van der Waals surface area contributed by atoms with E-state index in [1.807, 2.05) is 7.05 Å². The van der Waals surface area contributed by atoms with Gasteiger partial charge in [-0.3, -0.25) is 4.68 Å². The van der Waals surface area contributed by atoms with Crippen LogP contribution < -0.4 is 10.1 Å². The zero-order valence-corrected chi connectivity index (χ0v) is 10.8. The number of aryl methyl sites for hydroxylation is 1. The summed E-state index contributed by atoms with van der Waals surface area (Å²) in [4.78, 5) is 0. The van der Waals surface area contributed by atoms with E-state index in [1.54, 1.807) is 25.0 Å². The Balaban J connectivity index is 2.57. The van der Waals surface area contributed by atoms with E-state index >= 15 is 0 Å². The first-order chi connectivity index (χ1) is 8.60.